The summed E-state index contributed by atoms with van der Waals surface area (Å²) in [4.78, 5) is 0. The Morgan fingerprint density at radius 3 is 2.76 bits per heavy atom. The minimum atomic E-state index is -3.80. The minimum Gasteiger partial charge on any atom is -0.313 e. The zero-order valence-electron chi connectivity index (χ0n) is 11.2. The maximum atomic E-state index is 13.7. The molecule has 4 nitrogen and oxygen atoms in total. The van der Waals surface area contributed by atoms with E-state index in [9.17, 15) is 12.8 Å². The Kier molecular flexibility index (Phi) is 5.21. The number of hydrogen-bond acceptors (Lipinski definition) is 4. The van der Waals surface area contributed by atoms with Gasteiger partial charge in [-0.05, 0) is 41.8 Å². The monoisotopic (exact) mass is 348 g/mol. The maximum Gasteiger partial charge on any atom is 0.271 e. The number of benzene rings is 1. The molecule has 1 aromatic carbocycles. The van der Waals surface area contributed by atoms with E-state index < -0.39 is 15.8 Å². The van der Waals surface area contributed by atoms with Crippen LogP contribution in [-0.2, 0) is 16.6 Å². The first kappa shape index (κ1) is 16.2. The molecule has 0 saturated carbocycles. The normalized spacial score (nSPS) is 11.6. The summed E-state index contributed by atoms with van der Waals surface area (Å²) in [6, 6.07) is 5.35. The van der Waals surface area contributed by atoms with Gasteiger partial charge in [0.05, 0.1) is 5.69 Å². The zero-order valence-corrected chi connectivity index (χ0v) is 13.6. The molecule has 1 heterocycles. The average Bonchev–Trinajstić information content (AvgIpc) is 2.89. The van der Waals surface area contributed by atoms with Gasteiger partial charge < -0.3 is 5.32 Å². The fraction of sp³-hybridized carbons (Fsp3) is 0.231. The van der Waals surface area contributed by atoms with Crippen LogP contribution in [0.25, 0.3) is 0 Å². The summed E-state index contributed by atoms with van der Waals surface area (Å²) < 4.78 is 40.4. The average molecular weight is 349 g/mol. The molecule has 0 atom stereocenters. The van der Waals surface area contributed by atoms with Crippen molar-refractivity contribution < 1.29 is 12.8 Å². The fourth-order valence-electron chi connectivity index (χ4n) is 1.62. The smallest absolute Gasteiger partial charge is 0.271 e. The molecule has 2 N–H and O–H groups in total. The highest BCUT2D eigenvalue weighted by Crippen LogP contribution is 2.25. The first-order chi connectivity index (χ1) is 9.92. The second-order valence-corrected chi connectivity index (χ2v) is 7.54. The van der Waals surface area contributed by atoms with Gasteiger partial charge in [-0.1, -0.05) is 18.5 Å². The predicted molar refractivity (Wildman–Crippen MR) is 83.9 cm³/mol. The lowest BCUT2D eigenvalue weighted by Crippen LogP contribution is -2.13. The van der Waals surface area contributed by atoms with Crippen LogP contribution in [-0.4, -0.2) is 15.0 Å². The van der Waals surface area contributed by atoms with Gasteiger partial charge in [0.15, 0.2) is 0 Å². The summed E-state index contributed by atoms with van der Waals surface area (Å²) in [6.45, 7) is 3.36. The van der Waals surface area contributed by atoms with E-state index in [1.165, 1.54) is 12.1 Å². The molecule has 0 bridgehead atoms. The SMILES string of the molecule is CCNCc1csc(S(=O)(=O)Nc2ccc(Cl)cc2F)c1. The molecular weight excluding hydrogens is 335 g/mol. The second kappa shape index (κ2) is 6.74. The molecule has 0 aliphatic carbocycles. The summed E-state index contributed by atoms with van der Waals surface area (Å²) in [5, 5.41) is 5.08. The molecule has 2 aromatic rings. The Bertz CT molecular complexity index is 732. The number of hydrogen-bond donors (Lipinski definition) is 2. The van der Waals surface area contributed by atoms with Gasteiger partial charge in [0.25, 0.3) is 10.0 Å². The molecule has 8 heteroatoms. The van der Waals surface area contributed by atoms with Gasteiger partial charge in [0.1, 0.15) is 10.0 Å². The van der Waals surface area contributed by atoms with Crippen molar-refractivity contribution in [2.45, 2.75) is 17.7 Å². The van der Waals surface area contributed by atoms with Crippen LogP contribution in [0.15, 0.2) is 33.9 Å². The second-order valence-electron chi connectivity index (χ2n) is 4.28. The van der Waals surface area contributed by atoms with E-state index in [0.29, 0.717) is 6.54 Å². The van der Waals surface area contributed by atoms with Gasteiger partial charge in [-0.2, -0.15) is 0 Å². The van der Waals surface area contributed by atoms with Crippen molar-refractivity contribution in [3.05, 3.63) is 46.0 Å². The third-order valence-corrected chi connectivity index (χ3v) is 5.74. The topological polar surface area (TPSA) is 58.2 Å². The van der Waals surface area contributed by atoms with Crippen LogP contribution < -0.4 is 10.0 Å². The Morgan fingerprint density at radius 2 is 2.10 bits per heavy atom. The Morgan fingerprint density at radius 1 is 1.33 bits per heavy atom. The van der Waals surface area contributed by atoms with Gasteiger partial charge in [-0.3, -0.25) is 4.72 Å². The van der Waals surface area contributed by atoms with Crippen LogP contribution >= 0.6 is 22.9 Å². The number of halogens is 2. The molecule has 0 radical (unpaired) electrons. The number of sulfonamides is 1. The highest BCUT2D eigenvalue weighted by Gasteiger charge is 2.18. The van der Waals surface area contributed by atoms with Crippen LogP contribution in [0, 0.1) is 5.82 Å². The van der Waals surface area contributed by atoms with E-state index in [-0.39, 0.29) is 14.9 Å². The van der Waals surface area contributed by atoms with Crippen LogP contribution in [0.5, 0.6) is 0 Å². The van der Waals surface area contributed by atoms with Crippen molar-refractivity contribution in [1.82, 2.24) is 5.32 Å². The van der Waals surface area contributed by atoms with Crippen LogP contribution in [0.1, 0.15) is 12.5 Å². The molecule has 0 saturated heterocycles. The van der Waals surface area contributed by atoms with Crippen molar-refractivity contribution in [2.75, 3.05) is 11.3 Å². The number of anilines is 1. The van der Waals surface area contributed by atoms with Gasteiger partial charge >= 0.3 is 0 Å². The third-order valence-electron chi connectivity index (χ3n) is 2.65. The van der Waals surface area contributed by atoms with E-state index in [1.807, 2.05) is 6.92 Å². The van der Waals surface area contributed by atoms with E-state index in [1.54, 1.807) is 11.4 Å². The van der Waals surface area contributed by atoms with Crippen LogP contribution in [0.4, 0.5) is 10.1 Å². The number of nitrogens with one attached hydrogen (secondary N) is 2. The van der Waals surface area contributed by atoms with Crippen LogP contribution in [0.2, 0.25) is 5.02 Å². The number of thiophene rings is 1. The zero-order chi connectivity index (χ0) is 15.5. The highest BCUT2D eigenvalue weighted by molar-refractivity contribution is 7.94. The first-order valence-corrected chi connectivity index (χ1v) is 8.92. The summed E-state index contributed by atoms with van der Waals surface area (Å²) in [6.07, 6.45) is 0. The van der Waals surface area contributed by atoms with Gasteiger partial charge in [0, 0.05) is 11.6 Å². The molecule has 21 heavy (non-hydrogen) atoms. The summed E-state index contributed by atoms with van der Waals surface area (Å²) >= 11 is 6.73. The highest BCUT2D eigenvalue weighted by atomic mass is 35.5. The molecule has 0 fully saturated rings. The molecule has 0 unspecified atom stereocenters. The van der Waals surface area contributed by atoms with Crippen LogP contribution in [0.3, 0.4) is 0 Å². The lowest BCUT2D eigenvalue weighted by Gasteiger charge is -2.07. The summed E-state index contributed by atoms with van der Waals surface area (Å²) in [5.74, 6) is -0.712. The summed E-state index contributed by atoms with van der Waals surface area (Å²) in [7, 11) is -3.80. The Labute approximate surface area is 132 Å². The molecule has 1 aromatic heterocycles. The quantitative estimate of drug-likeness (QED) is 0.840. The van der Waals surface area contributed by atoms with Crippen molar-refractivity contribution in [3.8, 4) is 0 Å². The number of rotatable bonds is 6. The molecule has 0 spiro atoms. The van der Waals surface area contributed by atoms with Crippen molar-refractivity contribution in [3.63, 3.8) is 0 Å². The first-order valence-electron chi connectivity index (χ1n) is 6.18. The predicted octanol–water partition coefficient (Wildman–Crippen LogP) is 3.45. The molecule has 0 aliphatic heterocycles. The lowest BCUT2D eigenvalue weighted by atomic mass is 10.3. The van der Waals surface area contributed by atoms with Gasteiger partial charge in [0.2, 0.25) is 0 Å². The standard InChI is InChI=1S/C13H14ClFN2O2S2/c1-2-16-7-9-5-13(20-8-9)21(18,19)17-12-4-3-10(14)6-11(12)15/h3-6,8,16-17H,2,7H2,1H3. The van der Waals surface area contributed by atoms with E-state index in [2.05, 4.69) is 10.0 Å². The van der Waals surface area contributed by atoms with E-state index in [0.717, 1.165) is 29.5 Å². The van der Waals surface area contributed by atoms with Gasteiger partial charge in [-0.15, -0.1) is 11.3 Å². The molecule has 0 aliphatic rings. The van der Waals surface area contributed by atoms with E-state index in [4.69, 9.17) is 11.6 Å². The van der Waals surface area contributed by atoms with E-state index >= 15 is 0 Å². The largest absolute Gasteiger partial charge is 0.313 e. The minimum absolute atomic E-state index is 0.124. The lowest BCUT2D eigenvalue weighted by molar-refractivity contribution is 0.600. The Hall–Kier alpha value is -1.15. The fourth-order valence-corrected chi connectivity index (χ4v) is 4.06. The molecule has 2 rings (SSSR count). The van der Waals surface area contributed by atoms with Gasteiger partial charge in [-0.25, -0.2) is 12.8 Å². The molecule has 0 amide bonds. The summed E-state index contributed by atoms with van der Waals surface area (Å²) in [5.41, 5.74) is 0.750. The maximum absolute atomic E-state index is 13.7. The van der Waals surface area contributed by atoms with Crippen molar-refractivity contribution in [1.29, 1.82) is 0 Å². The Balaban J connectivity index is 2.19. The van der Waals surface area contributed by atoms with Crippen molar-refractivity contribution in [2.24, 2.45) is 0 Å². The third kappa shape index (κ3) is 4.16. The molecular formula is C13H14ClFN2O2S2. The molecule has 114 valence electrons. The van der Waals surface area contributed by atoms with Crippen molar-refractivity contribution >= 4 is 38.6 Å².